The first-order chi connectivity index (χ1) is 22.7. The van der Waals surface area contributed by atoms with Crippen LogP contribution in [-0.2, 0) is 25.7 Å². The number of benzene rings is 2. The number of anilines is 1. The fraction of sp³-hybridized carbons (Fsp3) is 0.500. The Labute approximate surface area is 284 Å². The molecule has 3 aliphatic rings. The van der Waals surface area contributed by atoms with E-state index in [1.165, 1.54) is 0 Å². The number of carbonyl (C=O) groups is 3. The van der Waals surface area contributed by atoms with E-state index in [4.69, 9.17) is 16.3 Å². The van der Waals surface area contributed by atoms with E-state index in [0.717, 1.165) is 24.0 Å². The van der Waals surface area contributed by atoms with Crippen molar-refractivity contribution < 1.29 is 24.2 Å². The number of likely N-dealkylation sites (tertiary alicyclic amines) is 1. The Kier molecular flexibility index (Phi) is 10.9. The van der Waals surface area contributed by atoms with Crippen LogP contribution in [0.25, 0.3) is 0 Å². The van der Waals surface area contributed by atoms with Crippen LogP contribution in [0.5, 0.6) is 0 Å². The van der Waals surface area contributed by atoms with Gasteiger partial charge < -0.3 is 24.5 Å². The van der Waals surface area contributed by atoms with E-state index in [1.807, 2.05) is 56.3 Å². The molecule has 5 atom stereocenters. The molecule has 3 fully saturated rings. The molecule has 2 aromatic rings. The van der Waals surface area contributed by atoms with Gasteiger partial charge in [0.15, 0.2) is 0 Å². The Hall–Kier alpha value is -3.46. The summed E-state index contributed by atoms with van der Waals surface area (Å²) in [4.78, 5) is 49.6. The number of aryl methyl sites for hydroxylation is 1. The van der Waals surface area contributed by atoms with Gasteiger partial charge in [-0.1, -0.05) is 86.0 Å². The number of carbonyl (C=O) groups excluding carboxylic acids is 3. The molecule has 8 nitrogen and oxygen atoms in total. The number of halogens is 1. The lowest BCUT2D eigenvalue weighted by molar-refractivity contribution is -0.151. The molecule has 9 heteroatoms. The molecule has 1 N–H and O–H groups in total. The van der Waals surface area contributed by atoms with Crippen LogP contribution in [0.2, 0.25) is 5.02 Å². The standard InChI is InChI=1S/C38H48ClN3O5/c1-5-22-40(26-28-17-11-10-12-18-28)34(44)30-31-35(45)42(24-13-8-9-14-25-43)33(38(31)21-20-37(30,7-3)47-38)36(46)41(23-6-2)32-27(4)16-15-19-29(32)39/h5-6,10-12,15-19,30-31,33,43H,1-2,7-9,13-14,20-26H2,3-4H3/t30-,31+,33?,37+,38?/m1/s1. The number of amides is 3. The van der Waals surface area contributed by atoms with Crippen LogP contribution in [0, 0.1) is 18.8 Å². The lowest BCUT2D eigenvalue weighted by Gasteiger charge is -2.37. The number of fused-ring (bicyclic) bond motifs is 1. The van der Waals surface area contributed by atoms with Crippen LogP contribution >= 0.6 is 11.6 Å². The first-order valence-corrected chi connectivity index (χ1v) is 17.3. The predicted octanol–water partition coefficient (Wildman–Crippen LogP) is 6.09. The van der Waals surface area contributed by atoms with Crippen LogP contribution in [-0.4, -0.2) is 76.1 Å². The summed E-state index contributed by atoms with van der Waals surface area (Å²) in [5, 5.41) is 9.73. The Morgan fingerprint density at radius 2 is 1.74 bits per heavy atom. The molecule has 0 aliphatic carbocycles. The average molecular weight is 662 g/mol. The zero-order valence-corrected chi connectivity index (χ0v) is 28.5. The van der Waals surface area contributed by atoms with Crippen molar-refractivity contribution >= 4 is 35.0 Å². The molecule has 2 bridgehead atoms. The van der Waals surface area contributed by atoms with Crippen LogP contribution in [0.3, 0.4) is 0 Å². The minimum atomic E-state index is -1.16. The smallest absolute Gasteiger partial charge is 0.253 e. The molecule has 3 aliphatic heterocycles. The lowest BCUT2D eigenvalue weighted by atomic mass is 9.64. The highest BCUT2D eigenvalue weighted by Gasteiger charge is 2.79. The van der Waals surface area contributed by atoms with E-state index in [2.05, 4.69) is 13.2 Å². The Morgan fingerprint density at radius 1 is 1.02 bits per heavy atom. The molecule has 3 heterocycles. The topological polar surface area (TPSA) is 90.4 Å². The second kappa shape index (κ2) is 14.8. The summed E-state index contributed by atoms with van der Waals surface area (Å²) in [7, 11) is 0. The molecule has 0 radical (unpaired) electrons. The largest absolute Gasteiger partial charge is 0.396 e. The van der Waals surface area contributed by atoms with Crippen molar-refractivity contribution in [2.24, 2.45) is 11.8 Å². The number of hydrogen-bond acceptors (Lipinski definition) is 5. The second-order valence-electron chi connectivity index (χ2n) is 13.1. The van der Waals surface area contributed by atoms with Crippen LogP contribution < -0.4 is 4.90 Å². The maximum atomic E-state index is 15.0. The van der Waals surface area contributed by atoms with Gasteiger partial charge in [0, 0.05) is 32.8 Å². The Morgan fingerprint density at radius 3 is 2.40 bits per heavy atom. The first-order valence-electron chi connectivity index (χ1n) is 16.9. The molecule has 0 saturated carbocycles. The summed E-state index contributed by atoms with van der Waals surface area (Å²) in [5.41, 5.74) is 0.383. The van der Waals surface area contributed by atoms with E-state index < -0.39 is 29.1 Å². The molecular formula is C38H48ClN3O5. The zero-order chi connectivity index (χ0) is 33.8. The van der Waals surface area contributed by atoms with Gasteiger partial charge in [-0.25, -0.2) is 0 Å². The molecule has 0 aromatic heterocycles. The third-order valence-electron chi connectivity index (χ3n) is 10.4. The van der Waals surface area contributed by atoms with E-state index in [1.54, 1.807) is 32.9 Å². The number of nitrogens with zero attached hydrogens (tertiary/aromatic N) is 3. The number of aliphatic hydroxyl groups is 1. The molecule has 1 spiro atoms. The van der Waals surface area contributed by atoms with Crippen molar-refractivity contribution in [3.05, 3.63) is 90.0 Å². The quantitative estimate of drug-likeness (QED) is 0.174. The van der Waals surface area contributed by atoms with E-state index in [-0.39, 0.29) is 30.9 Å². The van der Waals surface area contributed by atoms with Crippen molar-refractivity contribution in [1.82, 2.24) is 9.80 Å². The van der Waals surface area contributed by atoms with Gasteiger partial charge in [-0.2, -0.15) is 0 Å². The van der Waals surface area contributed by atoms with E-state index in [0.29, 0.717) is 62.4 Å². The normalized spacial score (nSPS) is 25.9. The van der Waals surface area contributed by atoms with Gasteiger partial charge in [-0.15, -0.1) is 13.2 Å². The molecule has 252 valence electrons. The van der Waals surface area contributed by atoms with Gasteiger partial charge >= 0.3 is 0 Å². The molecule has 5 rings (SSSR count). The summed E-state index contributed by atoms with van der Waals surface area (Å²) >= 11 is 6.72. The van der Waals surface area contributed by atoms with Crippen molar-refractivity contribution in [3.63, 3.8) is 0 Å². The maximum Gasteiger partial charge on any atom is 0.253 e. The number of ether oxygens (including phenoxy) is 1. The van der Waals surface area contributed by atoms with Gasteiger partial charge in [0.1, 0.15) is 11.6 Å². The van der Waals surface area contributed by atoms with Crippen LogP contribution in [0.15, 0.2) is 73.8 Å². The highest BCUT2D eigenvalue weighted by Crippen LogP contribution is 2.65. The van der Waals surface area contributed by atoms with Gasteiger partial charge in [0.25, 0.3) is 5.91 Å². The summed E-state index contributed by atoms with van der Waals surface area (Å²) < 4.78 is 7.06. The van der Waals surface area contributed by atoms with Gasteiger partial charge in [0.2, 0.25) is 11.8 Å². The third kappa shape index (κ3) is 6.28. The highest BCUT2D eigenvalue weighted by atomic mass is 35.5. The molecule has 2 aromatic carbocycles. The highest BCUT2D eigenvalue weighted by molar-refractivity contribution is 6.34. The summed E-state index contributed by atoms with van der Waals surface area (Å²) in [5.74, 6) is -2.15. The van der Waals surface area contributed by atoms with E-state index in [9.17, 15) is 14.7 Å². The zero-order valence-electron chi connectivity index (χ0n) is 27.7. The number of aliphatic hydroxyl groups excluding tert-OH is 1. The van der Waals surface area contributed by atoms with Gasteiger partial charge in [0.05, 0.1) is 28.1 Å². The van der Waals surface area contributed by atoms with Crippen molar-refractivity contribution in [3.8, 4) is 0 Å². The first kappa shape index (κ1) is 34.9. The van der Waals surface area contributed by atoms with E-state index >= 15 is 4.79 Å². The van der Waals surface area contributed by atoms with Gasteiger partial charge in [-0.3, -0.25) is 14.4 Å². The summed E-state index contributed by atoms with van der Waals surface area (Å²) in [6.45, 7) is 13.1. The summed E-state index contributed by atoms with van der Waals surface area (Å²) in [6.07, 6.45) is 7.97. The minimum absolute atomic E-state index is 0.115. The monoisotopic (exact) mass is 661 g/mol. The molecule has 3 saturated heterocycles. The van der Waals surface area contributed by atoms with Crippen molar-refractivity contribution in [2.75, 3.05) is 31.1 Å². The number of unbranched alkanes of at least 4 members (excludes halogenated alkanes) is 3. The molecule has 2 unspecified atom stereocenters. The van der Waals surface area contributed by atoms with Crippen molar-refractivity contribution in [1.29, 1.82) is 0 Å². The van der Waals surface area contributed by atoms with Crippen LogP contribution in [0.4, 0.5) is 5.69 Å². The predicted molar refractivity (Wildman–Crippen MR) is 185 cm³/mol. The summed E-state index contributed by atoms with van der Waals surface area (Å²) in [6, 6.07) is 14.4. The molecule has 3 amide bonds. The fourth-order valence-corrected chi connectivity index (χ4v) is 8.61. The third-order valence-corrected chi connectivity index (χ3v) is 10.7. The fourth-order valence-electron chi connectivity index (χ4n) is 8.28. The second-order valence-corrected chi connectivity index (χ2v) is 13.5. The minimum Gasteiger partial charge on any atom is -0.396 e. The SMILES string of the molecule is C=CCN(Cc1ccccc1)C(=O)[C@H]1[C@H]2C(=O)N(CCCCCCO)C(C(=O)N(CC=C)c3c(C)cccc3Cl)C23CC[C@]1(CC)O3. The molecule has 47 heavy (non-hydrogen) atoms. The van der Waals surface area contributed by atoms with Crippen LogP contribution in [0.1, 0.15) is 63.0 Å². The number of rotatable bonds is 16. The average Bonchev–Trinajstić information content (AvgIpc) is 3.67. The Balaban J connectivity index is 1.57. The molecular weight excluding hydrogens is 614 g/mol. The van der Waals surface area contributed by atoms with Crippen molar-refractivity contribution in [2.45, 2.75) is 82.6 Å². The number of para-hydroxylation sites is 1. The lowest BCUT2D eigenvalue weighted by Crippen LogP contribution is -2.56. The number of hydrogen-bond donors (Lipinski definition) is 1. The Bertz CT molecular complexity index is 1460. The maximum absolute atomic E-state index is 15.0. The van der Waals surface area contributed by atoms with Gasteiger partial charge in [-0.05, 0) is 56.2 Å².